The fourth-order valence-corrected chi connectivity index (χ4v) is 3.59. The Bertz CT molecular complexity index is 987. The molecule has 1 fully saturated rings. The summed E-state index contributed by atoms with van der Waals surface area (Å²) < 4.78 is 0. The van der Waals surface area contributed by atoms with E-state index in [1.165, 1.54) is 0 Å². The fourth-order valence-electron chi connectivity index (χ4n) is 3.59. The van der Waals surface area contributed by atoms with Crippen LogP contribution in [0.15, 0.2) is 48.5 Å². The molecule has 27 heavy (non-hydrogen) atoms. The first kappa shape index (κ1) is 17.3. The number of aromatic amines is 1. The lowest BCUT2D eigenvalue weighted by Crippen LogP contribution is -2.41. The summed E-state index contributed by atoms with van der Waals surface area (Å²) in [5.74, 6) is -0.131. The van der Waals surface area contributed by atoms with Crippen molar-refractivity contribution in [2.45, 2.75) is 19.8 Å². The zero-order chi connectivity index (χ0) is 18.8. The highest BCUT2D eigenvalue weighted by atomic mass is 16.2. The first-order valence-electron chi connectivity index (χ1n) is 9.22. The molecule has 0 radical (unpaired) electrons. The second kappa shape index (κ2) is 7.23. The minimum atomic E-state index is -0.0787. The van der Waals surface area contributed by atoms with Crippen LogP contribution >= 0.6 is 0 Å². The van der Waals surface area contributed by atoms with Gasteiger partial charge in [0, 0.05) is 30.1 Å². The molecule has 0 atom stereocenters. The van der Waals surface area contributed by atoms with E-state index in [1.54, 1.807) is 4.90 Å². The number of H-pyrrole nitrogens is 1. The molecule has 1 saturated heterocycles. The summed E-state index contributed by atoms with van der Waals surface area (Å²) in [6.07, 6.45) is 1.32. The van der Waals surface area contributed by atoms with Crippen LogP contribution in [0.2, 0.25) is 0 Å². The largest absolute Gasteiger partial charge is 0.337 e. The van der Waals surface area contributed by atoms with E-state index in [0.717, 1.165) is 22.2 Å². The number of carbonyl (C=O) groups excluding carboxylic acids is 2. The molecule has 1 aliphatic rings. The zero-order valence-electron chi connectivity index (χ0n) is 15.2. The summed E-state index contributed by atoms with van der Waals surface area (Å²) in [6, 6.07) is 15.4. The molecule has 6 heteroatoms. The van der Waals surface area contributed by atoms with Crippen molar-refractivity contribution in [3.63, 3.8) is 0 Å². The van der Waals surface area contributed by atoms with Gasteiger partial charge in [-0.3, -0.25) is 14.7 Å². The Balaban J connectivity index is 1.38. The molecule has 1 aliphatic heterocycles. The first-order chi connectivity index (χ1) is 13.1. The molecule has 2 aromatic carbocycles. The number of benzene rings is 2. The molecule has 138 valence electrons. The van der Waals surface area contributed by atoms with E-state index in [2.05, 4.69) is 15.5 Å². The minimum absolute atomic E-state index is 0.0259. The lowest BCUT2D eigenvalue weighted by molar-refractivity contribution is -0.121. The van der Waals surface area contributed by atoms with Crippen molar-refractivity contribution in [3.8, 4) is 0 Å². The van der Waals surface area contributed by atoms with Crippen molar-refractivity contribution in [2.24, 2.45) is 5.92 Å². The van der Waals surface area contributed by atoms with Crippen molar-refractivity contribution in [1.82, 2.24) is 15.1 Å². The van der Waals surface area contributed by atoms with Gasteiger partial charge >= 0.3 is 0 Å². The summed E-state index contributed by atoms with van der Waals surface area (Å²) in [5, 5.41) is 10.9. The van der Waals surface area contributed by atoms with Gasteiger partial charge in [0.05, 0.1) is 5.52 Å². The van der Waals surface area contributed by atoms with Gasteiger partial charge in [-0.05, 0) is 43.5 Å². The third-order valence-corrected chi connectivity index (χ3v) is 5.11. The Labute approximate surface area is 157 Å². The molecular weight excluding hydrogens is 340 g/mol. The van der Waals surface area contributed by atoms with E-state index in [-0.39, 0.29) is 17.7 Å². The number of para-hydroxylation sites is 1. The highest BCUT2D eigenvalue weighted by molar-refractivity contribution is 6.04. The molecular formula is C21H22N4O2. The second-order valence-corrected chi connectivity index (χ2v) is 7.04. The number of rotatable bonds is 3. The van der Waals surface area contributed by atoms with Crippen LogP contribution in [-0.4, -0.2) is 40.0 Å². The molecule has 6 nitrogen and oxygen atoms in total. The van der Waals surface area contributed by atoms with Gasteiger partial charge in [0.2, 0.25) is 5.91 Å². The average Bonchev–Trinajstić information content (AvgIpc) is 3.12. The molecule has 1 aromatic heterocycles. The smallest absolute Gasteiger partial charge is 0.274 e. The Morgan fingerprint density at radius 2 is 1.89 bits per heavy atom. The fraction of sp³-hybridized carbons (Fsp3) is 0.286. The van der Waals surface area contributed by atoms with E-state index in [4.69, 9.17) is 0 Å². The number of aromatic nitrogens is 2. The van der Waals surface area contributed by atoms with E-state index < -0.39 is 0 Å². The molecule has 0 spiro atoms. The van der Waals surface area contributed by atoms with Crippen molar-refractivity contribution in [3.05, 3.63) is 59.8 Å². The summed E-state index contributed by atoms with van der Waals surface area (Å²) in [5.41, 5.74) is 3.24. The highest BCUT2D eigenvalue weighted by Gasteiger charge is 2.29. The molecule has 2 amide bonds. The number of piperidine rings is 1. The predicted molar refractivity (Wildman–Crippen MR) is 105 cm³/mol. The Morgan fingerprint density at radius 3 is 2.67 bits per heavy atom. The molecule has 2 N–H and O–H groups in total. The van der Waals surface area contributed by atoms with Crippen LogP contribution in [0.25, 0.3) is 10.9 Å². The number of aryl methyl sites for hydroxylation is 1. The number of carbonyl (C=O) groups is 2. The summed E-state index contributed by atoms with van der Waals surface area (Å²) in [4.78, 5) is 27.1. The molecule has 2 heterocycles. The SMILES string of the molecule is Cc1cccc(NC(=O)C2CCN(C(=O)c3n[nH]c4ccccc34)CC2)c1. The number of hydrogen-bond donors (Lipinski definition) is 2. The van der Waals surface area contributed by atoms with Gasteiger partial charge in [-0.15, -0.1) is 0 Å². The second-order valence-electron chi connectivity index (χ2n) is 7.04. The molecule has 0 bridgehead atoms. The van der Waals surface area contributed by atoms with Crippen LogP contribution in [0, 0.1) is 12.8 Å². The van der Waals surface area contributed by atoms with Gasteiger partial charge in [-0.25, -0.2) is 0 Å². The van der Waals surface area contributed by atoms with E-state index in [0.29, 0.717) is 31.6 Å². The molecule has 4 rings (SSSR count). The van der Waals surface area contributed by atoms with E-state index >= 15 is 0 Å². The normalized spacial score (nSPS) is 15.1. The van der Waals surface area contributed by atoms with Crippen molar-refractivity contribution < 1.29 is 9.59 Å². The number of amides is 2. The molecule has 0 unspecified atom stereocenters. The van der Waals surface area contributed by atoms with Crippen molar-refractivity contribution >= 4 is 28.4 Å². The molecule has 3 aromatic rings. The van der Waals surface area contributed by atoms with Crippen molar-refractivity contribution in [2.75, 3.05) is 18.4 Å². The van der Waals surface area contributed by atoms with Crippen LogP contribution < -0.4 is 5.32 Å². The van der Waals surface area contributed by atoms with Gasteiger partial charge in [0.15, 0.2) is 5.69 Å². The summed E-state index contributed by atoms with van der Waals surface area (Å²) in [7, 11) is 0. The number of nitrogens with one attached hydrogen (secondary N) is 2. The highest BCUT2D eigenvalue weighted by Crippen LogP contribution is 2.23. The third-order valence-electron chi connectivity index (χ3n) is 5.11. The lowest BCUT2D eigenvalue weighted by Gasteiger charge is -2.31. The summed E-state index contributed by atoms with van der Waals surface area (Å²) >= 11 is 0. The predicted octanol–water partition coefficient (Wildman–Crippen LogP) is 3.36. The maximum absolute atomic E-state index is 12.8. The van der Waals surface area contributed by atoms with Crippen LogP contribution in [0.3, 0.4) is 0 Å². The van der Waals surface area contributed by atoms with Gasteiger partial charge in [-0.1, -0.05) is 30.3 Å². The third kappa shape index (κ3) is 3.56. The molecule has 0 saturated carbocycles. The standard InChI is InChI=1S/C21H22N4O2/c1-14-5-4-6-16(13-14)22-20(26)15-9-11-25(12-10-15)21(27)19-17-7-2-3-8-18(17)23-24-19/h2-8,13,15H,9-12H2,1H3,(H,22,26)(H,23,24). The maximum atomic E-state index is 12.8. The van der Waals surface area contributed by atoms with Crippen LogP contribution in [0.5, 0.6) is 0 Å². The lowest BCUT2D eigenvalue weighted by atomic mass is 9.95. The Kier molecular flexibility index (Phi) is 4.62. The van der Waals surface area contributed by atoms with Crippen molar-refractivity contribution in [1.29, 1.82) is 0 Å². The number of hydrogen-bond acceptors (Lipinski definition) is 3. The first-order valence-corrected chi connectivity index (χ1v) is 9.22. The Morgan fingerprint density at radius 1 is 1.11 bits per heavy atom. The van der Waals surface area contributed by atoms with Gasteiger partial charge in [0.1, 0.15) is 0 Å². The molecule has 0 aliphatic carbocycles. The van der Waals surface area contributed by atoms with E-state index in [9.17, 15) is 9.59 Å². The number of fused-ring (bicyclic) bond motifs is 1. The number of nitrogens with zero attached hydrogens (tertiary/aromatic N) is 2. The maximum Gasteiger partial charge on any atom is 0.274 e. The number of anilines is 1. The zero-order valence-corrected chi connectivity index (χ0v) is 15.2. The van der Waals surface area contributed by atoms with Gasteiger partial charge < -0.3 is 10.2 Å². The average molecular weight is 362 g/mol. The monoisotopic (exact) mass is 362 g/mol. The quantitative estimate of drug-likeness (QED) is 0.750. The minimum Gasteiger partial charge on any atom is -0.337 e. The van der Waals surface area contributed by atoms with Gasteiger partial charge in [-0.2, -0.15) is 5.10 Å². The van der Waals surface area contributed by atoms with Crippen LogP contribution in [-0.2, 0) is 4.79 Å². The Hall–Kier alpha value is -3.15. The number of likely N-dealkylation sites (tertiary alicyclic amines) is 1. The summed E-state index contributed by atoms with van der Waals surface area (Å²) in [6.45, 7) is 3.12. The van der Waals surface area contributed by atoms with Gasteiger partial charge in [0.25, 0.3) is 5.91 Å². The topological polar surface area (TPSA) is 78.1 Å². The van der Waals surface area contributed by atoms with Crippen LogP contribution in [0.1, 0.15) is 28.9 Å². The van der Waals surface area contributed by atoms with Crippen LogP contribution in [0.4, 0.5) is 5.69 Å². The van der Waals surface area contributed by atoms with E-state index in [1.807, 2.05) is 55.5 Å².